The minimum atomic E-state index is -1.11. The van der Waals surface area contributed by atoms with E-state index < -0.39 is 23.3 Å². The van der Waals surface area contributed by atoms with E-state index in [4.69, 9.17) is 10.5 Å². The second kappa shape index (κ2) is 6.88. The molecule has 1 atom stereocenters. The van der Waals surface area contributed by atoms with Crippen molar-refractivity contribution in [2.45, 2.75) is 32.2 Å². The zero-order chi connectivity index (χ0) is 16.0. The first-order chi connectivity index (χ1) is 9.84. The van der Waals surface area contributed by atoms with Gasteiger partial charge in [-0.1, -0.05) is 19.4 Å². The lowest BCUT2D eigenvalue weighted by molar-refractivity contribution is -0.147. The summed E-state index contributed by atoms with van der Waals surface area (Å²) in [7, 11) is 1.27. The highest BCUT2D eigenvalue weighted by Gasteiger charge is 2.35. The van der Waals surface area contributed by atoms with Crippen molar-refractivity contribution in [3.8, 4) is 0 Å². The van der Waals surface area contributed by atoms with Crippen LogP contribution in [-0.4, -0.2) is 30.4 Å². The van der Waals surface area contributed by atoms with Crippen molar-refractivity contribution in [1.82, 2.24) is 5.32 Å². The quantitative estimate of drug-likeness (QED) is 0.771. The Morgan fingerprint density at radius 2 is 1.90 bits per heavy atom. The molecule has 1 aromatic carbocycles. The van der Waals surface area contributed by atoms with Gasteiger partial charge in [-0.25, -0.2) is 4.79 Å². The molecule has 114 valence electrons. The minimum absolute atomic E-state index is 0.234. The molecule has 0 spiro atoms. The van der Waals surface area contributed by atoms with Crippen molar-refractivity contribution >= 4 is 17.8 Å². The molecule has 0 saturated heterocycles. The predicted molar refractivity (Wildman–Crippen MR) is 77.8 cm³/mol. The van der Waals surface area contributed by atoms with Gasteiger partial charge in [-0.3, -0.25) is 9.59 Å². The van der Waals surface area contributed by atoms with Gasteiger partial charge in [0.1, 0.15) is 5.54 Å². The highest BCUT2D eigenvalue weighted by Crippen LogP contribution is 2.16. The number of ether oxygens (including phenoxy) is 1. The lowest BCUT2D eigenvalue weighted by Gasteiger charge is -2.27. The molecular formula is C15H20N2O4. The number of nitrogens with two attached hydrogens (primary N) is 1. The van der Waals surface area contributed by atoms with Crippen LogP contribution < -0.4 is 11.1 Å². The van der Waals surface area contributed by atoms with Crippen LogP contribution in [-0.2, 0) is 9.53 Å². The van der Waals surface area contributed by atoms with Crippen LogP contribution in [0.15, 0.2) is 24.3 Å². The Labute approximate surface area is 123 Å². The van der Waals surface area contributed by atoms with Crippen molar-refractivity contribution in [2.24, 2.45) is 5.73 Å². The van der Waals surface area contributed by atoms with Crippen LogP contribution in [0.3, 0.4) is 0 Å². The SMILES string of the molecule is CCCC(C)(NC(=O)c1cccc(C(N)=O)c1)C(=O)OC. The molecule has 1 rings (SSSR count). The van der Waals surface area contributed by atoms with Crippen LogP contribution in [0.25, 0.3) is 0 Å². The lowest BCUT2D eigenvalue weighted by atomic mass is 9.95. The molecule has 0 bridgehead atoms. The van der Waals surface area contributed by atoms with E-state index in [1.165, 1.54) is 19.2 Å². The number of amides is 2. The van der Waals surface area contributed by atoms with Gasteiger partial charge in [-0.05, 0) is 31.5 Å². The van der Waals surface area contributed by atoms with Gasteiger partial charge in [-0.2, -0.15) is 0 Å². The Morgan fingerprint density at radius 1 is 1.29 bits per heavy atom. The number of benzene rings is 1. The third-order valence-corrected chi connectivity index (χ3v) is 3.18. The molecule has 6 heteroatoms. The fourth-order valence-electron chi connectivity index (χ4n) is 2.08. The number of nitrogens with one attached hydrogen (secondary N) is 1. The van der Waals surface area contributed by atoms with Crippen molar-refractivity contribution in [2.75, 3.05) is 7.11 Å². The van der Waals surface area contributed by atoms with Crippen molar-refractivity contribution in [1.29, 1.82) is 0 Å². The van der Waals surface area contributed by atoms with E-state index in [9.17, 15) is 14.4 Å². The molecule has 0 aliphatic heterocycles. The summed E-state index contributed by atoms with van der Waals surface area (Å²) in [5.41, 5.74) is 4.57. The molecule has 0 aliphatic rings. The number of rotatable bonds is 6. The van der Waals surface area contributed by atoms with Gasteiger partial charge in [0, 0.05) is 11.1 Å². The van der Waals surface area contributed by atoms with Gasteiger partial charge in [0.25, 0.3) is 5.91 Å². The monoisotopic (exact) mass is 292 g/mol. The second-order valence-corrected chi connectivity index (χ2v) is 4.97. The largest absolute Gasteiger partial charge is 0.467 e. The summed E-state index contributed by atoms with van der Waals surface area (Å²) in [4.78, 5) is 35.2. The highest BCUT2D eigenvalue weighted by atomic mass is 16.5. The van der Waals surface area contributed by atoms with Crippen molar-refractivity contribution < 1.29 is 19.1 Å². The Bertz CT molecular complexity index is 556. The lowest BCUT2D eigenvalue weighted by Crippen LogP contribution is -2.52. The molecule has 0 fully saturated rings. The first-order valence-corrected chi connectivity index (χ1v) is 6.65. The molecule has 0 saturated carbocycles. The second-order valence-electron chi connectivity index (χ2n) is 4.97. The number of methoxy groups -OCH3 is 1. The van der Waals surface area contributed by atoms with E-state index in [1.54, 1.807) is 19.1 Å². The van der Waals surface area contributed by atoms with Gasteiger partial charge in [0.15, 0.2) is 0 Å². The molecule has 1 aromatic rings. The maximum absolute atomic E-state index is 12.3. The highest BCUT2D eigenvalue weighted by molar-refractivity contribution is 6.01. The number of esters is 1. The fraction of sp³-hybridized carbons (Fsp3) is 0.400. The standard InChI is InChI=1S/C15H20N2O4/c1-4-8-15(2,14(20)21-3)17-13(19)11-7-5-6-10(9-11)12(16)18/h5-7,9H,4,8H2,1-3H3,(H2,16,18)(H,17,19). The van der Waals surface area contributed by atoms with Gasteiger partial charge in [0.2, 0.25) is 5.91 Å². The van der Waals surface area contributed by atoms with E-state index >= 15 is 0 Å². The first-order valence-electron chi connectivity index (χ1n) is 6.65. The Hall–Kier alpha value is -2.37. The molecule has 2 amide bonds. The topological polar surface area (TPSA) is 98.5 Å². The van der Waals surface area contributed by atoms with E-state index in [0.29, 0.717) is 12.8 Å². The van der Waals surface area contributed by atoms with Crippen LogP contribution >= 0.6 is 0 Å². The fourth-order valence-corrected chi connectivity index (χ4v) is 2.08. The Kier molecular flexibility index (Phi) is 5.46. The van der Waals surface area contributed by atoms with Gasteiger partial charge < -0.3 is 15.8 Å². The number of primary amides is 1. The molecular weight excluding hydrogens is 272 g/mol. The third-order valence-electron chi connectivity index (χ3n) is 3.18. The van der Waals surface area contributed by atoms with E-state index in [-0.39, 0.29) is 11.1 Å². The van der Waals surface area contributed by atoms with Gasteiger partial charge in [-0.15, -0.1) is 0 Å². The van der Waals surface area contributed by atoms with Crippen LogP contribution in [0, 0.1) is 0 Å². The predicted octanol–water partition coefficient (Wildman–Crippen LogP) is 1.25. The Balaban J connectivity index is 2.99. The first kappa shape index (κ1) is 16.7. The molecule has 0 aromatic heterocycles. The zero-order valence-electron chi connectivity index (χ0n) is 12.4. The van der Waals surface area contributed by atoms with E-state index in [2.05, 4.69) is 5.32 Å². The number of hydrogen-bond acceptors (Lipinski definition) is 4. The van der Waals surface area contributed by atoms with Crippen LogP contribution in [0.5, 0.6) is 0 Å². The molecule has 0 aliphatic carbocycles. The smallest absolute Gasteiger partial charge is 0.331 e. The summed E-state index contributed by atoms with van der Waals surface area (Å²) in [5, 5.41) is 2.66. The maximum atomic E-state index is 12.3. The molecule has 0 radical (unpaired) electrons. The van der Waals surface area contributed by atoms with Crippen molar-refractivity contribution in [3.63, 3.8) is 0 Å². The van der Waals surface area contributed by atoms with E-state index in [0.717, 1.165) is 0 Å². The summed E-state index contributed by atoms with van der Waals surface area (Å²) in [6.45, 7) is 3.51. The summed E-state index contributed by atoms with van der Waals surface area (Å²) < 4.78 is 4.74. The maximum Gasteiger partial charge on any atom is 0.331 e. The van der Waals surface area contributed by atoms with Crippen LogP contribution in [0.4, 0.5) is 0 Å². The van der Waals surface area contributed by atoms with Crippen LogP contribution in [0.2, 0.25) is 0 Å². The van der Waals surface area contributed by atoms with Crippen molar-refractivity contribution in [3.05, 3.63) is 35.4 Å². The average molecular weight is 292 g/mol. The Morgan fingerprint density at radius 3 is 2.43 bits per heavy atom. The average Bonchev–Trinajstić information content (AvgIpc) is 2.46. The number of carbonyl (C=O) groups excluding carboxylic acids is 3. The summed E-state index contributed by atoms with van der Waals surface area (Å²) in [6, 6.07) is 6.02. The molecule has 0 heterocycles. The summed E-state index contributed by atoms with van der Waals surface area (Å²) in [6.07, 6.45) is 1.15. The summed E-state index contributed by atoms with van der Waals surface area (Å²) in [5.74, 6) is -1.59. The van der Waals surface area contributed by atoms with Gasteiger partial charge >= 0.3 is 5.97 Å². The van der Waals surface area contributed by atoms with E-state index in [1.807, 2.05) is 6.92 Å². The number of carbonyl (C=O) groups is 3. The summed E-state index contributed by atoms with van der Waals surface area (Å²) >= 11 is 0. The van der Waals surface area contributed by atoms with Crippen LogP contribution in [0.1, 0.15) is 47.4 Å². The number of hydrogen-bond donors (Lipinski definition) is 2. The molecule has 21 heavy (non-hydrogen) atoms. The molecule has 6 nitrogen and oxygen atoms in total. The normalized spacial score (nSPS) is 13.1. The minimum Gasteiger partial charge on any atom is -0.467 e. The third kappa shape index (κ3) is 4.05. The molecule has 3 N–H and O–H groups in total. The van der Waals surface area contributed by atoms with Gasteiger partial charge in [0.05, 0.1) is 7.11 Å². The zero-order valence-corrected chi connectivity index (χ0v) is 12.4. The molecule has 1 unspecified atom stereocenters.